The largest absolute Gasteiger partial charge is 0.496 e. The van der Waals surface area contributed by atoms with E-state index in [1.165, 1.54) is 33.5 Å². The number of hydrogen-bond acceptors (Lipinski definition) is 10. The number of amides is 1. The average Bonchev–Trinajstić information content (AvgIpc) is 3.54. The van der Waals surface area contributed by atoms with Crippen LogP contribution in [0.2, 0.25) is 0 Å². The summed E-state index contributed by atoms with van der Waals surface area (Å²) in [4.78, 5) is 19.7. The Hall–Kier alpha value is -5.07. The Kier molecular flexibility index (Phi) is 11.4. The lowest BCUT2D eigenvalue weighted by atomic mass is 9.85. The van der Waals surface area contributed by atoms with Crippen molar-refractivity contribution in [3.8, 4) is 23.0 Å². The Labute approximate surface area is 286 Å². The summed E-state index contributed by atoms with van der Waals surface area (Å²) in [7, 11) is 0.725. The van der Waals surface area contributed by atoms with Crippen molar-refractivity contribution in [2.75, 3.05) is 40.3 Å². The van der Waals surface area contributed by atoms with E-state index < -0.39 is 27.4 Å². The van der Waals surface area contributed by atoms with Gasteiger partial charge in [0.15, 0.2) is 21.5 Å². The van der Waals surface area contributed by atoms with Crippen LogP contribution in [-0.2, 0) is 25.9 Å². The van der Waals surface area contributed by atoms with Crippen LogP contribution < -0.4 is 24.3 Å². The Morgan fingerprint density at radius 2 is 1.51 bits per heavy atom. The maximum atomic E-state index is 14.6. The number of nitrogens with one attached hydrogen (secondary N) is 1. The molecule has 1 amide bonds. The zero-order valence-electron chi connectivity index (χ0n) is 27.6. The number of hydrogen-bond donors (Lipinski definition) is 2. The van der Waals surface area contributed by atoms with Gasteiger partial charge in [-0.15, -0.1) is 0 Å². The minimum atomic E-state index is -3.81. The molecule has 11 nitrogen and oxygen atoms in total. The van der Waals surface area contributed by atoms with Gasteiger partial charge < -0.3 is 34.1 Å². The molecule has 0 bridgehead atoms. The highest BCUT2D eigenvalue weighted by molar-refractivity contribution is 7.91. The van der Waals surface area contributed by atoms with Crippen LogP contribution in [0.4, 0.5) is 0 Å². The van der Waals surface area contributed by atoms with Crippen LogP contribution in [0.15, 0.2) is 107 Å². The molecule has 0 fully saturated rings. The maximum absolute atomic E-state index is 14.6. The summed E-state index contributed by atoms with van der Waals surface area (Å²) in [6, 6.07) is 27.7. The SMILES string of the molecule is COc1cc(OC)c(CNC(=O)[C@]2(CCS(=O)(=O)c3ccccc3)N=C(c3ccc(OCCCO)cc3)O[C@@H]2c2ccccc2)c(OC)c1. The maximum Gasteiger partial charge on any atom is 0.252 e. The molecule has 0 saturated heterocycles. The minimum absolute atomic E-state index is 0.0192. The molecule has 2 atom stereocenters. The van der Waals surface area contributed by atoms with Crippen molar-refractivity contribution in [1.29, 1.82) is 0 Å². The summed E-state index contributed by atoms with van der Waals surface area (Å²) in [5.74, 6) is 1.25. The number of methoxy groups -OCH3 is 3. The fourth-order valence-electron chi connectivity index (χ4n) is 5.61. The topological polar surface area (TPSA) is 142 Å². The first-order chi connectivity index (χ1) is 23.7. The highest BCUT2D eigenvalue weighted by atomic mass is 32.2. The molecular formula is C37H40N2O9S. The molecule has 0 aliphatic carbocycles. The molecule has 2 N–H and O–H groups in total. The van der Waals surface area contributed by atoms with Gasteiger partial charge in [0.1, 0.15) is 23.0 Å². The van der Waals surface area contributed by atoms with Crippen molar-refractivity contribution in [3.63, 3.8) is 0 Å². The van der Waals surface area contributed by atoms with Gasteiger partial charge in [-0.05, 0) is 42.0 Å². The van der Waals surface area contributed by atoms with E-state index in [0.29, 0.717) is 52.7 Å². The van der Waals surface area contributed by atoms with E-state index in [-0.39, 0.29) is 36.1 Å². The third-order valence-electron chi connectivity index (χ3n) is 8.23. The van der Waals surface area contributed by atoms with Gasteiger partial charge in [0.25, 0.3) is 5.91 Å². The molecule has 0 unspecified atom stereocenters. The van der Waals surface area contributed by atoms with Crippen LogP contribution in [0.1, 0.15) is 35.6 Å². The van der Waals surface area contributed by atoms with Crippen molar-refractivity contribution >= 4 is 21.6 Å². The minimum Gasteiger partial charge on any atom is -0.496 e. The zero-order valence-corrected chi connectivity index (χ0v) is 28.4. The number of ether oxygens (including phenoxy) is 5. The number of aliphatic hydroxyl groups excluding tert-OH is 1. The second-order valence-electron chi connectivity index (χ2n) is 11.3. The first kappa shape index (κ1) is 35.2. The summed E-state index contributed by atoms with van der Waals surface area (Å²) in [5, 5.41) is 12.1. The molecule has 5 rings (SSSR count). The van der Waals surface area contributed by atoms with Gasteiger partial charge in [0.05, 0.1) is 50.7 Å². The smallest absolute Gasteiger partial charge is 0.252 e. The second-order valence-corrected chi connectivity index (χ2v) is 13.4. The highest BCUT2D eigenvalue weighted by Gasteiger charge is 2.53. The fraction of sp³-hybridized carbons (Fsp3) is 0.297. The molecule has 4 aromatic rings. The summed E-state index contributed by atoms with van der Waals surface area (Å²) in [6.07, 6.45) is -0.651. The third-order valence-corrected chi connectivity index (χ3v) is 9.96. The van der Waals surface area contributed by atoms with Crippen LogP contribution in [0.3, 0.4) is 0 Å². The highest BCUT2D eigenvalue weighted by Crippen LogP contribution is 2.43. The lowest BCUT2D eigenvalue weighted by Crippen LogP contribution is -2.49. The van der Waals surface area contributed by atoms with Gasteiger partial charge in [0, 0.05) is 37.1 Å². The standard InChI is InChI=1S/C37H40N2O9S/c1-44-29-23-32(45-2)31(33(24-29)46-3)25-38-36(41)37(19-22-49(42,43)30-13-8-5-9-14-30)34(26-11-6-4-7-12-26)48-35(39-37)27-15-17-28(18-16-27)47-21-10-20-40/h4-9,11-18,23-24,34,40H,10,19-22,25H2,1-3H3,(H,38,41)/t34-,37-/m1/s1. The van der Waals surface area contributed by atoms with Gasteiger partial charge in [-0.3, -0.25) is 4.79 Å². The molecule has 1 aliphatic rings. The molecule has 49 heavy (non-hydrogen) atoms. The van der Waals surface area contributed by atoms with E-state index in [9.17, 15) is 13.2 Å². The quantitative estimate of drug-likeness (QED) is 0.157. The predicted molar refractivity (Wildman–Crippen MR) is 184 cm³/mol. The molecule has 12 heteroatoms. The lowest BCUT2D eigenvalue weighted by molar-refractivity contribution is -0.129. The first-order valence-electron chi connectivity index (χ1n) is 15.7. The number of carbonyl (C=O) groups excluding carboxylic acids is 1. The lowest BCUT2D eigenvalue weighted by Gasteiger charge is -2.31. The molecule has 1 heterocycles. The molecule has 4 aromatic carbocycles. The summed E-state index contributed by atoms with van der Waals surface area (Å²) in [5.41, 5.74) is 0.0934. The molecule has 0 radical (unpaired) electrons. The van der Waals surface area contributed by atoms with E-state index in [1.54, 1.807) is 54.6 Å². The summed E-state index contributed by atoms with van der Waals surface area (Å²) < 4.78 is 56.0. The van der Waals surface area contributed by atoms with Crippen molar-refractivity contribution in [1.82, 2.24) is 5.32 Å². The monoisotopic (exact) mass is 688 g/mol. The van der Waals surface area contributed by atoms with Gasteiger partial charge in [-0.2, -0.15) is 0 Å². The van der Waals surface area contributed by atoms with Crippen molar-refractivity contribution < 1.29 is 42.0 Å². The number of nitrogens with zero attached hydrogens (tertiary/aromatic N) is 1. The fourth-order valence-corrected chi connectivity index (χ4v) is 7.00. The Bertz CT molecular complexity index is 1830. The second kappa shape index (κ2) is 15.9. The summed E-state index contributed by atoms with van der Waals surface area (Å²) in [6.45, 7) is 0.354. The van der Waals surface area contributed by atoms with Crippen molar-refractivity contribution in [2.45, 2.75) is 35.9 Å². The number of benzene rings is 4. The molecule has 258 valence electrons. The average molecular weight is 689 g/mol. The normalized spacial score (nSPS) is 17.1. The molecule has 0 saturated carbocycles. The van der Waals surface area contributed by atoms with Crippen LogP contribution >= 0.6 is 0 Å². The number of aliphatic hydroxyl groups is 1. The number of rotatable bonds is 16. The van der Waals surface area contributed by atoms with Gasteiger partial charge in [-0.1, -0.05) is 48.5 Å². The first-order valence-corrected chi connectivity index (χ1v) is 17.4. The van der Waals surface area contributed by atoms with E-state index >= 15 is 0 Å². The Morgan fingerprint density at radius 1 is 0.878 bits per heavy atom. The Morgan fingerprint density at radius 3 is 2.10 bits per heavy atom. The van der Waals surface area contributed by atoms with Crippen LogP contribution in [0, 0.1) is 0 Å². The van der Waals surface area contributed by atoms with Crippen LogP contribution in [0.5, 0.6) is 23.0 Å². The van der Waals surface area contributed by atoms with E-state index in [0.717, 1.165) is 0 Å². The van der Waals surface area contributed by atoms with E-state index in [4.69, 9.17) is 33.8 Å². The molecule has 0 spiro atoms. The van der Waals surface area contributed by atoms with Crippen LogP contribution in [0.25, 0.3) is 0 Å². The Balaban J connectivity index is 1.56. The molecule has 0 aromatic heterocycles. The summed E-state index contributed by atoms with van der Waals surface area (Å²) >= 11 is 0. The molecular weight excluding hydrogens is 648 g/mol. The number of sulfone groups is 1. The van der Waals surface area contributed by atoms with E-state index in [1.807, 2.05) is 30.3 Å². The van der Waals surface area contributed by atoms with E-state index in [2.05, 4.69) is 5.32 Å². The van der Waals surface area contributed by atoms with Gasteiger partial charge >= 0.3 is 0 Å². The van der Waals surface area contributed by atoms with Crippen molar-refractivity contribution in [2.24, 2.45) is 4.99 Å². The van der Waals surface area contributed by atoms with Gasteiger partial charge in [-0.25, -0.2) is 13.4 Å². The number of carbonyl (C=O) groups is 1. The molecule has 1 aliphatic heterocycles. The van der Waals surface area contributed by atoms with Crippen molar-refractivity contribution in [3.05, 3.63) is 114 Å². The zero-order chi connectivity index (χ0) is 34.9. The van der Waals surface area contributed by atoms with Crippen LogP contribution in [-0.4, -0.2) is 71.2 Å². The third kappa shape index (κ3) is 7.98. The number of aliphatic imine (C=N–C) groups is 1. The van der Waals surface area contributed by atoms with Gasteiger partial charge in [0.2, 0.25) is 5.90 Å². The predicted octanol–water partition coefficient (Wildman–Crippen LogP) is 4.91.